The highest BCUT2D eigenvalue weighted by Crippen LogP contribution is 2.13. The van der Waals surface area contributed by atoms with E-state index >= 15 is 0 Å². The fourth-order valence-electron chi connectivity index (χ4n) is 1.76. The topological polar surface area (TPSA) is 50.4 Å². The normalized spacial score (nSPS) is 12.2. The quantitative estimate of drug-likeness (QED) is 0.702. The summed E-state index contributed by atoms with van der Waals surface area (Å²) in [5.41, 5.74) is 2.52. The third-order valence-corrected chi connectivity index (χ3v) is 3.09. The van der Waals surface area contributed by atoms with E-state index in [-0.39, 0.29) is 11.9 Å². The van der Waals surface area contributed by atoms with Crippen LogP contribution < -0.4 is 10.6 Å². The molecule has 1 atom stereocenters. The maximum Gasteiger partial charge on any atom is 0.234 e. The number of hydrogen-bond donors (Lipinski definition) is 2. The molecule has 1 aromatic carbocycles. The molecule has 0 spiro atoms. The van der Waals surface area contributed by atoms with E-state index in [1.165, 1.54) is 11.1 Å². The minimum absolute atomic E-state index is 0.00548. The van der Waals surface area contributed by atoms with Crippen molar-refractivity contribution in [2.45, 2.75) is 26.3 Å². The molecule has 1 aromatic rings. The van der Waals surface area contributed by atoms with E-state index in [2.05, 4.69) is 48.7 Å². The summed E-state index contributed by atoms with van der Waals surface area (Å²) in [7, 11) is 1.62. The number of benzene rings is 1. The van der Waals surface area contributed by atoms with Crippen LogP contribution in [-0.2, 0) is 16.0 Å². The van der Waals surface area contributed by atoms with Crippen molar-refractivity contribution in [2.24, 2.45) is 0 Å². The van der Waals surface area contributed by atoms with Crippen molar-refractivity contribution in [1.82, 2.24) is 10.6 Å². The molecule has 0 saturated carbocycles. The second-order valence-electron chi connectivity index (χ2n) is 4.54. The summed E-state index contributed by atoms with van der Waals surface area (Å²) in [5.74, 6) is -0.00548. The Morgan fingerprint density at radius 3 is 2.58 bits per heavy atom. The zero-order valence-electron chi connectivity index (χ0n) is 12.0. The highest BCUT2D eigenvalue weighted by molar-refractivity contribution is 5.78. The molecule has 2 N–H and O–H groups in total. The molecule has 4 nitrogen and oxygen atoms in total. The van der Waals surface area contributed by atoms with Crippen molar-refractivity contribution in [1.29, 1.82) is 0 Å². The van der Waals surface area contributed by atoms with Gasteiger partial charge in [-0.15, -0.1) is 0 Å². The van der Waals surface area contributed by atoms with Crippen molar-refractivity contribution in [3.05, 3.63) is 35.4 Å². The smallest absolute Gasteiger partial charge is 0.234 e. The summed E-state index contributed by atoms with van der Waals surface area (Å²) >= 11 is 0. The zero-order chi connectivity index (χ0) is 14.1. The molecule has 1 amide bonds. The first-order valence-corrected chi connectivity index (χ1v) is 6.75. The maximum atomic E-state index is 11.5. The summed E-state index contributed by atoms with van der Waals surface area (Å²) in [4.78, 5) is 11.5. The number of nitrogens with one attached hydrogen (secondary N) is 2. The molecule has 0 radical (unpaired) electrons. The largest absolute Gasteiger partial charge is 0.383 e. The van der Waals surface area contributed by atoms with Crippen molar-refractivity contribution in [3.8, 4) is 0 Å². The van der Waals surface area contributed by atoms with Crippen LogP contribution in [0.1, 0.15) is 31.0 Å². The zero-order valence-corrected chi connectivity index (χ0v) is 12.0. The van der Waals surface area contributed by atoms with Gasteiger partial charge in [-0.3, -0.25) is 4.79 Å². The molecule has 1 unspecified atom stereocenters. The van der Waals surface area contributed by atoms with Gasteiger partial charge in [0.2, 0.25) is 5.91 Å². The van der Waals surface area contributed by atoms with Crippen LogP contribution in [0, 0.1) is 0 Å². The van der Waals surface area contributed by atoms with E-state index in [4.69, 9.17) is 4.74 Å². The van der Waals surface area contributed by atoms with Gasteiger partial charge in [0.15, 0.2) is 0 Å². The lowest BCUT2D eigenvalue weighted by molar-refractivity contribution is -0.120. The fraction of sp³-hybridized carbons (Fsp3) is 0.533. The van der Waals surface area contributed by atoms with E-state index < -0.39 is 0 Å². The molecule has 1 rings (SSSR count). The van der Waals surface area contributed by atoms with Gasteiger partial charge in [-0.2, -0.15) is 0 Å². The monoisotopic (exact) mass is 264 g/mol. The highest BCUT2D eigenvalue weighted by Gasteiger charge is 2.07. The van der Waals surface area contributed by atoms with Gasteiger partial charge in [-0.25, -0.2) is 0 Å². The van der Waals surface area contributed by atoms with Gasteiger partial charge >= 0.3 is 0 Å². The van der Waals surface area contributed by atoms with Crippen LogP contribution in [0.2, 0.25) is 0 Å². The lowest BCUT2D eigenvalue weighted by atomic mass is 10.1. The summed E-state index contributed by atoms with van der Waals surface area (Å²) < 4.78 is 4.87. The maximum absolute atomic E-state index is 11.5. The Morgan fingerprint density at radius 1 is 1.32 bits per heavy atom. The minimum Gasteiger partial charge on any atom is -0.383 e. The number of carbonyl (C=O) groups excluding carboxylic acids is 1. The molecule has 0 aliphatic heterocycles. The van der Waals surface area contributed by atoms with Crippen LogP contribution in [0.5, 0.6) is 0 Å². The molecule has 0 bridgehead atoms. The Bertz CT molecular complexity index is 376. The van der Waals surface area contributed by atoms with E-state index in [0.717, 1.165) is 6.42 Å². The van der Waals surface area contributed by atoms with E-state index in [0.29, 0.717) is 19.7 Å². The number of methoxy groups -OCH3 is 1. The average Bonchev–Trinajstić information content (AvgIpc) is 2.45. The van der Waals surface area contributed by atoms with E-state index in [1.807, 2.05) is 0 Å². The first-order chi connectivity index (χ1) is 9.17. The lowest BCUT2D eigenvalue weighted by Crippen LogP contribution is -2.36. The standard InChI is InChI=1S/C15H24N2O2/c1-4-13-5-7-14(8-6-13)12(2)17-11-15(18)16-9-10-19-3/h5-8,12,17H,4,9-11H2,1-3H3,(H,16,18). The predicted octanol–water partition coefficient (Wildman–Crippen LogP) is 1.66. The number of rotatable bonds is 8. The third-order valence-electron chi connectivity index (χ3n) is 3.09. The van der Waals surface area contributed by atoms with Gasteiger partial charge in [0, 0.05) is 19.7 Å². The first-order valence-electron chi connectivity index (χ1n) is 6.75. The Morgan fingerprint density at radius 2 is 2.00 bits per heavy atom. The van der Waals surface area contributed by atoms with Crippen molar-refractivity contribution in [2.75, 3.05) is 26.8 Å². The van der Waals surface area contributed by atoms with Crippen LogP contribution in [-0.4, -0.2) is 32.7 Å². The van der Waals surface area contributed by atoms with Gasteiger partial charge in [0.25, 0.3) is 0 Å². The number of ether oxygens (including phenoxy) is 1. The van der Waals surface area contributed by atoms with E-state index in [9.17, 15) is 4.79 Å². The van der Waals surface area contributed by atoms with Crippen LogP contribution >= 0.6 is 0 Å². The van der Waals surface area contributed by atoms with Gasteiger partial charge in [-0.05, 0) is 24.5 Å². The summed E-state index contributed by atoms with van der Waals surface area (Å²) in [6.07, 6.45) is 1.05. The van der Waals surface area contributed by atoms with Gasteiger partial charge in [0.05, 0.1) is 13.2 Å². The summed E-state index contributed by atoms with van der Waals surface area (Å²) in [5, 5.41) is 5.99. The Hall–Kier alpha value is -1.39. The molecule has 19 heavy (non-hydrogen) atoms. The van der Waals surface area contributed by atoms with Crippen LogP contribution in [0.4, 0.5) is 0 Å². The second-order valence-corrected chi connectivity index (χ2v) is 4.54. The Balaban J connectivity index is 2.33. The van der Waals surface area contributed by atoms with Crippen molar-refractivity contribution < 1.29 is 9.53 Å². The minimum atomic E-state index is -0.00548. The number of hydrogen-bond acceptors (Lipinski definition) is 3. The number of carbonyl (C=O) groups is 1. The predicted molar refractivity (Wildman–Crippen MR) is 77.1 cm³/mol. The molecule has 4 heteroatoms. The molecule has 0 aromatic heterocycles. The van der Waals surface area contributed by atoms with Crippen LogP contribution in [0.25, 0.3) is 0 Å². The molecule has 0 heterocycles. The molecule has 0 fully saturated rings. The molecule has 0 saturated heterocycles. The Kier molecular flexibility index (Phi) is 7.15. The second kappa shape index (κ2) is 8.67. The molecular formula is C15H24N2O2. The fourth-order valence-corrected chi connectivity index (χ4v) is 1.76. The van der Waals surface area contributed by atoms with Gasteiger partial charge < -0.3 is 15.4 Å². The summed E-state index contributed by atoms with van der Waals surface area (Å²) in [6.45, 7) is 5.61. The van der Waals surface area contributed by atoms with Crippen molar-refractivity contribution >= 4 is 5.91 Å². The first kappa shape index (κ1) is 15.7. The third kappa shape index (κ3) is 5.85. The SMILES string of the molecule is CCc1ccc(C(C)NCC(=O)NCCOC)cc1. The summed E-state index contributed by atoms with van der Waals surface area (Å²) in [6, 6.07) is 8.65. The molecule has 0 aliphatic rings. The van der Waals surface area contributed by atoms with Gasteiger partial charge in [-0.1, -0.05) is 31.2 Å². The average molecular weight is 264 g/mol. The van der Waals surface area contributed by atoms with Crippen molar-refractivity contribution in [3.63, 3.8) is 0 Å². The number of aryl methyl sites for hydroxylation is 1. The lowest BCUT2D eigenvalue weighted by Gasteiger charge is -2.14. The molecule has 106 valence electrons. The molecular weight excluding hydrogens is 240 g/mol. The number of amides is 1. The van der Waals surface area contributed by atoms with Crippen LogP contribution in [0.3, 0.4) is 0 Å². The van der Waals surface area contributed by atoms with Gasteiger partial charge in [0.1, 0.15) is 0 Å². The Labute approximate surface area is 115 Å². The molecule has 0 aliphatic carbocycles. The highest BCUT2D eigenvalue weighted by atomic mass is 16.5. The van der Waals surface area contributed by atoms with Crippen LogP contribution in [0.15, 0.2) is 24.3 Å². The van der Waals surface area contributed by atoms with E-state index in [1.54, 1.807) is 7.11 Å².